The zero-order valence-electron chi connectivity index (χ0n) is 9.89. The van der Waals surface area contributed by atoms with E-state index < -0.39 is 0 Å². The largest absolute Gasteiger partial charge is 0.383 e. The molecule has 2 nitrogen and oxygen atoms in total. The van der Waals surface area contributed by atoms with Crippen molar-refractivity contribution in [1.82, 2.24) is 5.32 Å². The first-order chi connectivity index (χ1) is 7.66. The molecule has 3 heteroatoms. The zero-order valence-corrected chi connectivity index (χ0v) is 10.6. The van der Waals surface area contributed by atoms with Gasteiger partial charge in [0.1, 0.15) is 0 Å². The first kappa shape index (κ1) is 11.7. The van der Waals surface area contributed by atoms with E-state index in [2.05, 4.69) is 30.5 Å². The third-order valence-corrected chi connectivity index (χ3v) is 3.31. The Morgan fingerprint density at radius 1 is 1.50 bits per heavy atom. The fourth-order valence-corrected chi connectivity index (χ4v) is 2.37. The van der Waals surface area contributed by atoms with Gasteiger partial charge in [-0.3, -0.25) is 0 Å². The van der Waals surface area contributed by atoms with Gasteiger partial charge in [-0.15, -0.1) is 0 Å². The number of fused-ring (bicyclic) bond motifs is 1. The average molecular weight is 239 g/mol. The van der Waals surface area contributed by atoms with Gasteiger partial charge >= 0.3 is 0 Å². The average Bonchev–Trinajstić information content (AvgIpc) is 2.26. The van der Waals surface area contributed by atoms with Gasteiger partial charge in [-0.05, 0) is 24.0 Å². The predicted octanol–water partition coefficient (Wildman–Crippen LogP) is 2.92. The molecule has 0 saturated heterocycles. The molecule has 88 valence electrons. The minimum atomic E-state index is 0.556. The summed E-state index contributed by atoms with van der Waals surface area (Å²) < 4.78 is 0. The quantitative estimate of drug-likeness (QED) is 0.846. The van der Waals surface area contributed by atoms with Crippen molar-refractivity contribution in [3.63, 3.8) is 0 Å². The summed E-state index contributed by atoms with van der Waals surface area (Å²) in [7, 11) is 0. The van der Waals surface area contributed by atoms with Crippen molar-refractivity contribution in [3.8, 4) is 0 Å². The van der Waals surface area contributed by atoms with Crippen LogP contribution in [0.25, 0.3) is 0 Å². The van der Waals surface area contributed by atoms with Gasteiger partial charge in [0.05, 0.1) is 10.7 Å². The summed E-state index contributed by atoms with van der Waals surface area (Å²) >= 11 is 6.14. The zero-order chi connectivity index (χ0) is 11.5. The molecule has 0 aliphatic carbocycles. The van der Waals surface area contributed by atoms with Gasteiger partial charge in [-0.1, -0.05) is 37.6 Å². The second-order valence-corrected chi connectivity index (χ2v) is 5.20. The minimum Gasteiger partial charge on any atom is -0.383 e. The molecule has 1 unspecified atom stereocenters. The topological polar surface area (TPSA) is 24.1 Å². The first-order valence-electron chi connectivity index (χ1n) is 5.91. The molecule has 1 aliphatic rings. The highest BCUT2D eigenvalue weighted by atomic mass is 35.5. The predicted molar refractivity (Wildman–Crippen MR) is 70.3 cm³/mol. The summed E-state index contributed by atoms with van der Waals surface area (Å²) in [5, 5.41) is 7.76. The van der Waals surface area contributed by atoms with Gasteiger partial charge in [0.25, 0.3) is 0 Å². The summed E-state index contributed by atoms with van der Waals surface area (Å²) in [6.07, 6.45) is 1.11. The highest BCUT2D eigenvalue weighted by molar-refractivity contribution is 6.33. The molecule has 2 N–H and O–H groups in total. The number of para-hydroxylation sites is 1. The maximum Gasteiger partial charge on any atom is 0.0640 e. The van der Waals surface area contributed by atoms with Crippen LogP contribution in [0.15, 0.2) is 18.2 Å². The van der Waals surface area contributed by atoms with Crippen LogP contribution in [0.4, 0.5) is 5.69 Å². The van der Waals surface area contributed by atoms with Gasteiger partial charge in [-0.2, -0.15) is 0 Å². The standard InChI is InChI=1S/C13H19ClN2/c1-9(2)15-7-10-6-11-4-3-5-12(14)13(11)16-8-10/h3-5,9-10,15-16H,6-8H2,1-2H3. The van der Waals surface area contributed by atoms with Gasteiger partial charge in [0, 0.05) is 19.1 Å². The van der Waals surface area contributed by atoms with Crippen molar-refractivity contribution in [2.75, 3.05) is 18.4 Å². The van der Waals surface area contributed by atoms with E-state index in [1.165, 1.54) is 5.56 Å². The molecule has 0 fully saturated rings. The van der Waals surface area contributed by atoms with E-state index in [0.717, 1.165) is 30.2 Å². The summed E-state index contributed by atoms with van der Waals surface area (Å²) in [4.78, 5) is 0. The number of hydrogen-bond donors (Lipinski definition) is 2. The van der Waals surface area contributed by atoms with Crippen molar-refractivity contribution in [2.24, 2.45) is 5.92 Å². The SMILES string of the molecule is CC(C)NCC1CNc2c(Cl)cccc2C1. The van der Waals surface area contributed by atoms with Gasteiger partial charge in [-0.25, -0.2) is 0 Å². The second kappa shape index (κ2) is 5.07. The first-order valence-corrected chi connectivity index (χ1v) is 6.29. The molecule has 16 heavy (non-hydrogen) atoms. The highest BCUT2D eigenvalue weighted by Gasteiger charge is 2.19. The second-order valence-electron chi connectivity index (χ2n) is 4.79. The number of benzene rings is 1. The van der Waals surface area contributed by atoms with Crippen LogP contribution < -0.4 is 10.6 Å². The Kier molecular flexibility index (Phi) is 3.72. The van der Waals surface area contributed by atoms with E-state index >= 15 is 0 Å². The van der Waals surface area contributed by atoms with Crippen molar-refractivity contribution in [3.05, 3.63) is 28.8 Å². The van der Waals surface area contributed by atoms with Crippen LogP contribution in [0.5, 0.6) is 0 Å². The number of anilines is 1. The van der Waals surface area contributed by atoms with Crippen LogP contribution in [-0.2, 0) is 6.42 Å². The maximum absolute atomic E-state index is 6.14. The molecule has 0 bridgehead atoms. The van der Waals surface area contributed by atoms with Gasteiger partial charge in [0.15, 0.2) is 0 Å². The van der Waals surface area contributed by atoms with Crippen LogP contribution in [0, 0.1) is 5.92 Å². The highest BCUT2D eigenvalue weighted by Crippen LogP contribution is 2.31. The smallest absolute Gasteiger partial charge is 0.0640 e. The third-order valence-electron chi connectivity index (χ3n) is 2.99. The lowest BCUT2D eigenvalue weighted by molar-refractivity contribution is 0.455. The molecule has 0 saturated carbocycles. The summed E-state index contributed by atoms with van der Waals surface area (Å²) in [6, 6.07) is 6.69. The number of halogens is 1. The van der Waals surface area contributed by atoms with E-state index in [9.17, 15) is 0 Å². The summed E-state index contributed by atoms with van der Waals surface area (Å²) in [5.74, 6) is 0.661. The maximum atomic E-state index is 6.14. The Bertz CT molecular complexity index is 363. The fourth-order valence-electron chi connectivity index (χ4n) is 2.11. The van der Waals surface area contributed by atoms with E-state index in [0.29, 0.717) is 12.0 Å². The van der Waals surface area contributed by atoms with E-state index in [-0.39, 0.29) is 0 Å². The van der Waals surface area contributed by atoms with Crippen molar-refractivity contribution in [1.29, 1.82) is 0 Å². The molecular formula is C13H19ClN2. The Morgan fingerprint density at radius 3 is 3.06 bits per heavy atom. The number of hydrogen-bond acceptors (Lipinski definition) is 2. The molecule has 2 rings (SSSR count). The lowest BCUT2D eigenvalue weighted by Gasteiger charge is -2.27. The number of nitrogens with one attached hydrogen (secondary N) is 2. The molecule has 1 atom stereocenters. The molecule has 1 aromatic rings. The number of rotatable bonds is 3. The Balaban J connectivity index is 2.01. The van der Waals surface area contributed by atoms with E-state index in [1.807, 2.05) is 12.1 Å². The summed E-state index contributed by atoms with van der Waals surface area (Å²) in [5.41, 5.74) is 2.47. The lowest BCUT2D eigenvalue weighted by Crippen LogP contribution is -2.35. The van der Waals surface area contributed by atoms with Crippen molar-refractivity contribution >= 4 is 17.3 Å². The molecular weight excluding hydrogens is 220 g/mol. The molecule has 0 spiro atoms. The molecule has 1 heterocycles. The van der Waals surface area contributed by atoms with Crippen molar-refractivity contribution in [2.45, 2.75) is 26.3 Å². The molecule has 1 aromatic carbocycles. The Hall–Kier alpha value is -0.730. The van der Waals surface area contributed by atoms with Crippen LogP contribution in [0.3, 0.4) is 0 Å². The third kappa shape index (κ3) is 2.69. The van der Waals surface area contributed by atoms with Crippen LogP contribution in [-0.4, -0.2) is 19.1 Å². The molecule has 0 amide bonds. The van der Waals surface area contributed by atoms with E-state index in [1.54, 1.807) is 0 Å². The minimum absolute atomic E-state index is 0.556. The fraction of sp³-hybridized carbons (Fsp3) is 0.538. The monoisotopic (exact) mass is 238 g/mol. The van der Waals surface area contributed by atoms with Gasteiger partial charge < -0.3 is 10.6 Å². The summed E-state index contributed by atoms with van der Waals surface area (Å²) in [6.45, 7) is 6.44. The van der Waals surface area contributed by atoms with Gasteiger partial charge in [0.2, 0.25) is 0 Å². The normalized spacial score (nSPS) is 19.4. The molecule has 0 aromatic heterocycles. The Morgan fingerprint density at radius 2 is 2.31 bits per heavy atom. The van der Waals surface area contributed by atoms with Crippen molar-refractivity contribution < 1.29 is 0 Å². The molecule has 0 radical (unpaired) electrons. The van der Waals surface area contributed by atoms with E-state index in [4.69, 9.17) is 11.6 Å². The van der Waals surface area contributed by atoms with Crippen LogP contribution >= 0.6 is 11.6 Å². The van der Waals surface area contributed by atoms with Crippen LogP contribution in [0.1, 0.15) is 19.4 Å². The Labute approximate surface area is 102 Å². The van der Waals surface area contributed by atoms with Crippen LogP contribution in [0.2, 0.25) is 5.02 Å². The lowest BCUT2D eigenvalue weighted by atomic mass is 9.94. The molecule has 1 aliphatic heterocycles.